The maximum Gasteiger partial charge on any atom is 0.170 e. The van der Waals surface area contributed by atoms with Crippen molar-refractivity contribution in [2.24, 2.45) is 17.8 Å². The summed E-state index contributed by atoms with van der Waals surface area (Å²) in [6.07, 6.45) is 1.37. The Bertz CT molecular complexity index is 1410. The molecule has 0 radical (unpaired) electrons. The van der Waals surface area contributed by atoms with Crippen LogP contribution in [0.25, 0.3) is 16.9 Å². The lowest BCUT2D eigenvalue weighted by Crippen LogP contribution is -2.43. The fourth-order valence-corrected chi connectivity index (χ4v) is 6.34. The third-order valence-electron chi connectivity index (χ3n) is 8.05. The van der Waals surface area contributed by atoms with Gasteiger partial charge in [0.2, 0.25) is 0 Å². The normalized spacial score (nSPS) is 24.4. The van der Waals surface area contributed by atoms with Gasteiger partial charge in [0.15, 0.2) is 11.6 Å². The highest BCUT2D eigenvalue weighted by Crippen LogP contribution is 2.54. The number of aliphatic hydroxyl groups excluding tert-OH is 2. The minimum atomic E-state index is -0.702. The van der Waals surface area contributed by atoms with Crippen molar-refractivity contribution < 1.29 is 30.0 Å². The number of hydrogen-bond donors (Lipinski definition) is 4. The molecule has 3 aliphatic rings. The summed E-state index contributed by atoms with van der Waals surface area (Å²) < 4.78 is 0. The fraction of sp³-hybridized carbons (Fsp3) is 0.333. The van der Waals surface area contributed by atoms with Crippen LogP contribution in [0.3, 0.4) is 0 Å². The maximum atomic E-state index is 13.9. The molecule has 3 aliphatic carbocycles. The van der Waals surface area contributed by atoms with Crippen molar-refractivity contribution in [2.75, 3.05) is 19.0 Å². The summed E-state index contributed by atoms with van der Waals surface area (Å²) in [5, 5.41) is 43.0. The van der Waals surface area contributed by atoms with E-state index in [0.29, 0.717) is 29.5 Å². The van der Waals surface area contributed by atoms with Crippen molar-refractivity contribution in [3.8, 4) is 22.6 Å². The summed E-state index contributed by atoms with van der Waals surface area (Å²) in [6.45, 7) is 5.77. The van der Waals surface area contributed by atoms with Crippen LogP contribution in [0.1, 0.15) is 37.3 Å². The van der Waals surface area contributed by atoms with E-state index in [4.69, 9.17) is 0 Å². The molecule has 37 heavy (non-hydrogen) atoms. The summed E-state index contributed by atoms with van der Waals surface area (Å²) in [6, 6.07) is 8.26. The Morgan fingerprint density at radius 2 is 1.76 bits per heavy atom. The van der Waals surface area contributed by atoms with Gasteiger partial charge in [-0.25, -0.2) is 0 Å². The number of phenolic OH excluding ortho intramolecular Hbond substituents is 2. The van der Waals surface area contributed by atoms with Crippen LogP contribution >= 0.6 is 0 Å². The number of benzene rings is 2. The van der Waals surface area contributed by atoms with Gasteiger partial charge in [0.05, 0.1) is 17.1 Å². The lowest BCUT2D eigenvalue weighted by Gasteiger charge is -2.43. The van der Waals surface area contributed by atoms with E-state index in [0.717, 1.165) is 11.3 Å². The molecule has 0 heterocycles. The van der Waals surface area contributed by atoms with Crippen LogP contribution in [0.5, 0.6) is 11.5 Å². The van der Waals surface area contributed by atoms with Gasteiger partial charge in [-0.05, 0) is 59.6 Å². The van der Waals surface area contributed by atoms with E-state index in [1.54, 1.807) is 19.1 Å². The van der Waals surface area contributed by atoms with E-state index in [1.807, 2.05) is 25.1 Å². The highest BCUT2D eigenvalue weighted by Gasteiger charge is 2.50. The Kier molecular flexibility index (Phi) is 5.89. The quantitative estimate of drug-likeness (QED) is 0.336. The predicted octanol–water partition coefficient (Wildman–Crippen LogP) is 5.23. The number of Topliss-reactive ketones (excluding diaryl/α,β-unsaturated/α-hetero) is 2. The van der Waals surface area contributed by atoms with Crippen LogP contribution in [0.2, 0.25) is 0 Å². The minimum absolute atomic E-state index is 0.0672. The van der Waals surface area contributed by atoms with Gasteiger partial charge >= 0.3 is 0 Å². The second kappa shape index (κ2) is 8.83. The minimum Gasteiger partial charge on any atom is -0.512 e. The first-order valence-corrected chi connectivity index (χ1v) is 12.5. The van der Waals surface area contributed by atoms with Crippen molar-refractivity contribution in [2.45, 2.75) is 32.6 Å². The molecule has 5 rings (SSSR count). The number of rotatable bonds is 3. The molecule has 0 bridgehead atoms. The van der Waals surface area contributed by atoms with Gasteiger partial charge in [0.25, 0.3) is 0 Å². The van der Waals surface area contributed by atoms with Gasteiger partial charge < -0.3 is 25.3 Å². The van der Waals surface area contributed by atoms with Gasteiger partial charge in [0, 0.05) is 43.8 Å². The number of nitrogens with zero attached hydrogens (tertiary/aromatic N) is 1. The van der Waals surface area contributed by atoms with Gasteiger partial charge in [-0.2, -0.15) is 0 Å². The SMILES string of the molecule is C=C1C(=C(O)CC)C(=O)CC2CC3Cc4c(N(C)C)cc(-c5ccc(O)cc5)c(O)c4C(O)=C3C(=O)C12. The van der Waals surface area contributed by atoms with Crippen LogP contribution in [0.15, 0.2) is 59.4 Å². The Labute approximate surface area is 215 Å². The zero-order valence-electron chi connectivity index (χ0n) is 21.2. The molecule has 0 aromatic heterocycles. The van der Waals surface area contributed by atoms with Crippen LogP contribution in [0, 0.1) is 17.8 Å². The maximum absolute atomic E-state index is 13.9. The van der Waals surface area contributed by atoms with E-state index in [-0.39, 0.29) is 76.0 Å². The number of fused-ring (bicyclic) bond motifs is 3. The summed E-state index contributed by atoms with van der Waals surface area (Å²) in [5.41, 5.74) is 3.61. The van der Waals surface area contributed by atoms with Crippen molar-refractivity contribution in [3.05, 3.63) is 70.5 Å². The van der Waals surface area contributed by atoms with Crippen LogP contribution in [-0.2, 0) is 16.0 Å². The standard InChI is InChI=1S/C30H31NO6/c1-5-22(33)25-14(2)24-17(12-23(25)34)10-16-11-20-21(31(3)4)13-19(15-6-8-18(32)9-7-15)28(35)27(20)30(37)26(16)29(24)36/h6-9,13,16-17,24,32-33,35,37H,2,5,10-12H2,1,3-4H3. The molecule has 2 aromatic rings. The number of phenols is 2. The molecule has 7 heteroatoms. The van der Waals surface area contributed by atoms with Crippen molar-refractivity contribution in [3.63, 3.8) is 0 Å². The van der Waals surface area contributed by atoms with Gasteiger partial charge in [-0.1, -0.05) is 25.6 Å². The second-order valence-electron chi connectivity index (χ2n) is 10.4. The number of hydrogen-bond acceptors (Lipinski definition) is 7. The average molecular weight is 502 g/mol. The molecule has 2 fully saturated rings. The Morgan fingerprint density at radius 3 is 2.38 bits per heavy atom. The third kappa shape index (κ3) is 3.72. The van der Waals surface area contributed by atoms with E-state index in [9.17, 15) is 30.0 Å². The van der Waals surface area contributed by atoms with Crippen LogP contribution in [-0.4, -0.2) is 46.1 Å². The molecule has 0 spiro atoms. The van der Waals surface area contributed by atoms with Crippen LogP contribution < -0.4 is 4.90 Å². The molecule has 0 aliphatic heterocycles. The first kappa shape index (κ1) is 24.7. The largest absolute Gasteiger partial charge is 0.512 e. The van der Waals surface area contributed by atoms with Crippen molar-refractivity contribution >= 4 is 23.0 Å². The number of aromatic hydroxyl groups is 2. The molecule has 4 N–H and O–H groups in total. The third-order valence-corrected chi connectivity index (χ3v) is 8.05. The zero-order valence-corrected chi connectivity index (χ0v) is 21.2. The summed E-state index contributed by atoms with van der Waals surface area (Å²) >= 11 is 0. The molecular formula is C30H31NO6. The first-order chi connectivity index (χ1) is 17.5. The Hall–Kier alpha value is -4.00. The van der Waals surface area contributed by atoms with E-state index in [2.05, 4.69) is 6.58 Å². The van der Waals surface area contributed by atoms with E-state index in [1.165, 1.54) is 12.1 Å². The van der Waals surface area contributed by atoms with Gasteiger partial charge in [0.1, 0.15) is 23.0 Å². The van der Waals surface area contributed by atoms with E-state index >= 15 is 0 Å². The summed E-state index contributed by atoms with van der Waals surface area (Å²) in [4.78, 5) is 28.7. The molecule has 0 amide bonds. The summed E-state index contributed by atoms with van der Waals surface area (Å²) in [5.74, 6) is -2.10. The topological polar surface area (TPSA) is 118 Å². The molecule has 7 nitrogen and oxygen atoms in total. The number of carbonyl (C=O) groups is 2. The van der Waals surface area contributed by atoms with Crippen molar-refractivity contribution in [1.82, 2.24) is 0 Å². The number of ketones is 2. The highest BCUT2D eigenvalue weighted by atomic mass is 16.3. The lowest BCUT2D eigenvalue weighted by molar-refractivity contribution is -0.125. The smallest absolute Gasteiger partial charge is 0.170 e. The Balaban J connectivity index is 1.68. The highest BCUT2D eigenvalue weighted by molar-refractivity contribution is 6.12. The van der Waals surface area contributed by atoms with Crippen LogP contribution in [0.4, 0.5) is 5.69 Å². The van der Waals surface area contributed by atoms with Gasteiger partial charge in [-0.15, -0.1) is 0 Å². The molecule has 3 atom stereocenters. The first-order valence-electron chi connectivity index (χ1n) is 12.5. The second-order valence-corrected chi connectivity index (χ2v) is 10.4. The monoisotopic (exact) mass is 501 g/mol. The number of carbonyl (C=O) groups excluding carboxylic acids is 2. The fourth-order valence-electron chi connectivity index (χ4n) is 6.34. The van der Waals surface area contributed by atoms with Crippen molar-refractivity contribution in [1.29, 1.82) is 0 Å². The Morgan fingerprint density at radius 1 is 1.08 bits per heavy atom. The zero-order chi connectivity index (χ0) is 26.8. The molecular weight excluding hydrogens is 470 g/mol. The number of allylic oxidation sites excluding steroid dienone is 4. The van der Waals surface area contributed by atoms with Gasteiger partial charge in [-0.3, -0.25) is 9.59 Å². The molecule has 2 aromatic carbocycles. The molecule has 192 valence electrons. The summed E-state index contributed by atoms with van der Waals surface area (Å²) in [7, 11) is 3.76. The number of aliphatic hydroxyl groups is 2. The lowest BCUT2D eigenvalue weighted by atomic mass is 9.59. The molecule has 2 saturated carbocycles. The molecule has 0 saturated heterocycles. The van der Waals surface area contributed by atoms with E-state index < -0.39 is 5.92 Å². The average Bonchev–Trinajstić information content (AvgIpc) is 2.84. The number of anilines is 1. The molecule has 3 unspecified atom stereocenters. The predicted molar refractivity (Wildman–Crippen MR) is 142 cm³/mol.